The topological polar surface area (TPSA) is 44.1 Å². The van der Waals surface area contributed by atoms with Crippen molar-refractivity contribution >= 4 is 33.3 Å². The van der Waals surface area contributed by atoms with E-state index in [1.807, 2.05) is 60.7 Å². The number of para-hydroxylation sites is 2. The number of benzene rings is 2. The molecule has 2 heterocycles. The molecule has 5 rings (SSSR count). The molecule has 0 radical (unpaired) electrons. The summed E-state index contributed by atoms with van der Waals surface area (Å²) in [5.74, 6) is 1.72. The van der Waals surface area contributed by atoms with Gasteiger partial charge in [0, 0.05) is 10.6 Å². The van der Waals surface area contributed by atoms with E-state index in [-0.39, 0.29) is 5.56 Å². The van der Waals surface area contributed by atoms with Crippen molar-refractivity contribution in [1.82, 2.24) is 9.55 Å². The molecule has 31 heavy (non-hydrogen) atoms. The summed E-state index contributed by atoms with van der Waals surface area (Å²) in [5, 5.41) is 1.60. The first-order valence-corrected chi connectivity index (χ1v) is 12.5. The first-order valence-electron chi connectivity index (χ1n) is 10.7. The van der Waals surface area contributed by atoms with Gasteiger partial charge in [0.25, 0.3) is 5.56 Å². The van der Waals surface area contributed by atoms with Crippen LogP contribution in [0.5, 0.6) is 5.75 Å². The van der Waals surface area contributed by atoms with Crippen LogP contribution < -0.4 is 10.3 Å². The van der Waals surface area contributed by atoms with Crippen LogP contribution in [0.1, 0.15) is 29.7 Å². The molecule has 1 aliphatic rings. The van der Waals surface area contributed by atoms with E-state index in [1.54, 1.807) is 27.7 Å². The van der Waals surface area contributed by atoms with Gasteiger partial charge >= 0.3 is 0 Å². The Kier molecular flexibility index (Phi) is 6.09. The molecule has 0 spiro atoms. The smallest absolute Gasteiger partial charge is 0.267 e. The summed E-state index contributed by atoms with van der Waals surface area (Å²) in [6, 6.07) is 19.7. The first kappa shape index (κ1) is 20.3. The van der Waals surface area contributed by atoms with Gasteiger partial charge in [-0.25, -0.2) is 4.98 Å². The average molecular weight is 449 g/mol. The lowest BCUT2D eigenvalue weighted by atomic mass is 9.97. The Balaban J connectivity index is 1.43. The molecule has 4 nitrogen and oxygen atoms in total. The number of thioether (sulfide) groups is 1. The predicted octanol–water partition coefficient (Wildman–Crippen LogP) is 5.89. The maximum Gasteiger partial charge on any atom is 0.267 e. The molecule has 0 bridgehead atoms. The van der Waals surface area contributed by atoms with E-state index in [9.17, 15) is 4.79 Å². The van der Waals surface area contributed by atoms with Crippen molar-refractivity contribution in [2.75, 3.05) is 12.4 Å². The van der Waals surface area contributed by atoms with Gasteiger partial charge in [-0.1, -0.05) is 48.2 Å². The first-order chi connectivity index (χ1) is 15.3. The number of ether oxygens (including phenoxy) is 1. The third kappa shape index (κ3) is 4.27. The summed E-state index contributed by atoms with van der Waals surface area (Å²) in [4.78, 5) is 20.9. The van der Waals surface area contributed by atoms with E-state index in [0.717, 1.165) is 58.2 Å². The Hall–Kier alpha value is -2.57. The summed E-state index contributed by atoms with van der Waals surface area (Å²) < 4.78 is 7.61. The van der Waals surface area contributed by atoms with Crippen LogP contribution in [0.4, 0.5) is 0 Å². The van der Waals surface area contributed by atoms with Crippen LogP contribution >= 0.6 is 23.1 Å². The highest BCUT2D eigenvalue weighted by Gasteiger charge is 2.22. The van der Waals surface area contributed by atoms with Crippen LogP contribution in [0.3, 0.4) is 0 Å². The van der Waals surface area contributed by atoms with Crippen LogP contribution in [0.25, 0.3) is 15.9 Å². The van der Waals surface area contributed by atoms with Gasteiger partial charge in [0.15, 0.2) is 5.16 Å². The second-order valence-corrected chi connectivity index (χ2v) is 9.77. The number of nitrogens with zero attached hydrogens (tertiary/aromatic N) is 2. The molecule has 158 valence electrons. The maximum absolute atomic E-state index is 13.6. The Bertz CT molecular complexity index is 1230. The van der Waals surface area contributed by atoms with Gasteiger partial charge in [0.2, 0.25) is 0 Å². The number of hydrogen-bond donors (Lipinski definition) is 0. The summed E-state index contributed by atoms with van der Waals surface area (Å²) in [7, 11) is 0. The van der Waals surface area contributed by atoms with Gasteiger partial charge in [0.05, 0.1) is 17.7 Å². The third-order valence-electron chi connectivity index (χ3n) is 5.50. The zero-order valence-electron chi connectivity index (χ0n) is 17.3. The highest BCUT2D eigenvalue weighted by atomic mass is 32.2. The number of fused-ring (bicyclic) bond motifs is 3. The Morgan fingerprint density at radius 3 is 2.55 bits per heavy atom. The number of aromatic nitrogens is 2. The van der Waals surface area contributed by atoms with Gasteiger partial charge < -0.3 is 4.74 Å². The second-order valence-electron chi connectivity index (χ2n) is 7.63. The zero-order chi connectivity index (χ0) is 21.0. The zero-order valence-corrected chi connectivity index (χ0v) is 18.9. The molecule has 2 aromatic heterocycles. The number of hydrogen-bond acceptors (Lipinski definition) is 5. The monoisotopic (exact) mass is 448 g/mol. The SMILES string of the molecule is O=c1c2c3c(sc2nc(SCCCOc2ccccc2)n1-c1ccccc1)CCCC3. The van der Waals surface area contributed by atoms with Crippen LogP contribution in [0, 0.1) is 0 Å². The van der Waals surface area contributed by atoms with E-state index in [4.69, 9.17) is 9.72 Å². The Morgan fingerprint density at radius 1 is 1.00 bits per heavy atom. The fourth-order valence-electron chi connectivity index (χ4n) is 4.02. The van der Waals surface area contributed by atoms with Gasteiger partial charge in [0.1, 0.15) is 10.6 Å². The molecule has 0 aliphatic heterocycles. The van der Waals surface area contributed by atoms with Crippen molar-refractivity contribution in [2.24, 2.45) is 0 Å². The van der Waals surface area contributed by atoms with Crippen molar-refractivity contribution in [3.05, 3.63) is 81.5 Å². The van der Waals surface area contributed by atoms with Crippen molar-refractivity contribution < 1.29 is 4.74 Å². The molecule has 4 aromatic rings. The predicted molar refractivity (Wildman–Crippen MR) is 129 cm³/mol. The van der Waals surface area contributed by atoms with Crippen LogP contribution in [-0.4, -0.2) is 21.9 Å². The lowest BCUT2D eigenvalue weighted by Gasteiger charge is -2.13. The number of thiophene rings is 1. The maximum atomic E-state index is 13.6. The molecule has 1 aliphatic carbocycles. The fourth-order valence-corrected chi connectivity index (χ4v) is 6.24. The Morgan fingerprint density at radius 2 is 1.74 bits per heavy atom. The van der Waals surface area contributed by atoms with Crippen LogP contribution in [0.15, 0.2) is 70.6 Å². The van der Waals surface area contributed by atoms with E-state index in [0.29, 0.717) is 6.61 Å². The summed E-state index contributed by atoms with van der Waals surface area (Å²) in [6.07, 6.45) is 5.30. The quantitative estimate of drug-likeness (QED) is 0.201. The van der Waals surface area contributed by atoms with Gasteiger partial charge in [-0.05, 0) is 61.9 Å². The van der Waals surface area contributed by atoms with Crippen molar-refractivity contribution in [3.63, 3.8) is 0 Å². The average Bonchev–Trinajstić information content (AvgIpc) is 3.19. The van der Waals surface area contributed by atoms with Crippen molar-refractivity contribution in [2.45, 2.75) is 37.3 Å². The molecule has 0 atom stereocenters. The fraction of sp³-hybridized carbons (Fsp3) is 0.280. The highest BCUT2D eigenvalue weighted by Crippen LogP contribution is 2.35. The Labute approximate surface area is 189 Å². The normalized spacial score (nSPS) is 13.3. The molecule has 2 aromatic carbocycles. The molecular weight excluding hydrogens is 424 g/mol. The molecule has 0 fully saturated rings. The molecule has 0 N–H and O–H groups in total. The molecule has 0 unspecified atom stereocenters. The third-order valence-corrected chi connectivity index (χ3v) is 7.71. The van der Waals surface area contributed by atoms with Crippen molar-refractivity contribution in [3.8, 4) is 11.4 Å². The standard InChI is InChI=1S/C25H24N2O2S2/c28-24-22-20-14-7-8-15-21(20)31-23(22)26-25(27(24)18-10-3-1-4-11-18)30-17-9-16-29-19-12-5-2-6-13-19/h1-6,10-13H,7-9,14-17H2. The minimum atomic E-state index is 0.0682. The van der Waals surface area contributed by atoms with E-state index < -0.39 is 0 Å². The highest BCUT2D eigenvalue weighted by molar-refractivity contribution is 7.99. The van der Waals surface area contributed by atoms with Gasteiger partial charge in [-0.15, -0.1) is 11.3 Å². The largest absolute Gasteiger partial charge is 0.494 e. The summed E-state index contributed by atoms with van der Waals surface area (Å²) in [6.45, 7) is 0.641. The molecule has 0 saturated heterocycles. The van der Waals surface area contributed by atoms with Gasteiger partial charge in [-0.3, -0.25) is 9.36 Å². The summed E-state index contributed by atoms with van der Waals surface area (Å²) >= 11 is 3.34. The van der Waals surface area contributed by atoms with Crippen molar-refractivity contribution in [1.29, 1.82) is 0 Å². The van der Waals surface area contributed by atoms with Gasteiger partial charge in [-0.2, -0.15) is 0 Å². The molecule has 0 saturated carbocycles. The summed E-state index contributed by atoms with van der Waals surface area (Å²) in [5.41, 5.74) is 2.18. The molecule has 0 amide bonds. The van der Waals surface area contributed by atoms with Crippen LogP contribution in [-0.2, 0) is 12.8 Å². The van der Waals surface area contributed by atoms with E-state index >= 15 is 0 Å². The minimum absolute atomic E-state index is 0.0682. The second kappa shape index (κ2) is 9.28. The minimum Gasteiger partial charge on any atom is -0.494 e. The van der Waals surface area contributed by atoms with E-state index in [1.165, 1.54) is 16.9 Å². The molecular formula is C25H24N2O2S2. The number of aryl methyl sites for hydroxylation is 2. The molecule has 6 heteroatoms. The lowest BCUT2D eigenvalue weighted by Crippen LogP contribution is -2.22. The lowest BCUT2D eigenvalue weighted by molar-refractivity contribution is 0.318. The van der Waals surface area contributed by atoms with E-state index in [2.05, 4.69) is 0 Å². The number of rotatable bonds is 7. The van der Waals surface area contributed by atoms with Crippen LogP contribution in [0.2, 0.25) is 0 Å².